The van der Waals surface area contributed by atoms with Crippen molar-refractivity contribution >= 4 is 17.3 Å². The van der Waals surface area contributed by atoms with Crippen LogP contribution in [0.25, 0.3) is 0 Å². The predicted octanol–water partition coefficient (Wildman–Crippen LogP) is 2.76. The van der Waals surface area contributed by atoms with Crippen molar-refractivity contribution in [3.8, 4) is 0 Å². The van der Waals surface area contributed by atoms with Crippen LogP contribution < -0.4 is 5.73 Å². The zero-order valence-corrected chi connectivity index (χ0v) is 9.80. The molecule has 0 saturated heterocycles. The summed E-state index contributed by atoms with van der Waals surface area (Å²) in [6, 6.07) is 5.77. The van der Waals surface area contributed by atoms with Gasteiger partial charge in [-0.1, -0.05) is 11.6 Å². The minimum absolute atomic E-state index is 0.727. The Bertz CT molecular complexity index is 327. The zero-order valence-electron chi connectivity index (χ0n) is 9.04. The standard InChI is InChI=1S/C12H17ClN2/c1-15(7-9-2-3-9)8-10-4-11(13)6-12(14)5-10/h4-6,9H,2-3,7-8,14H2,1H3. The lowest BCUT2D eigenvalue weighted by Crippen LogP contribution is -2.20. The van der Waals surface area contributed by atoms with Gasteiger partial charge in [0.15, 0.2) is 0 Å². The van der Waals surface area contributed by atoms with Gasteiger partial charge in [0, 0.05) is 23.8 Å². The van der Waals surface area contributed by atoms with E-state index in [1.54, 1.807) is 6.07 Å². The second-order valence-corrected chi connectivity index (χ2v) is 4.97. The number of halogens is 1. The molecule has 82 valence electrons. The smallest absolute Gasteiger partial charge is 0.0429 e. The summed E-state index contributed by atoms with van der Waals surface area (Å²) in [6.45, 7) is 2.12. The SMILES string of the molecule is CN(Cc1cc(N)cc(Cl)c1)CC1CC1. The van der Waals surface area contributed by atoms with Crippen LogP contribution in [-0.4, -0.2) is 18.5 Å². The number of anilines is 1. The third kappa shape index (κ3) is 3.40. The highest BCUT2D eigenvalue weighted by Gasteiger charge is 2.22. The highest BCUT2D eigenvalue weighted by atomic mass is 35.5. The van der Waals surface area contributed by atoms with Gasteiger partial charge in [-0.25, -0.2) is 0 Å². The van der Waals surface area contributed by atoms with Gasteiger partial charge in [0.05, 0.1) is 0 Å². The third-order valence-corrected chi connectivity index (χ3v) is 2.92. The van der Waals surface area contributed by atoms with E-state index in [-0.39, 0.29) is 0 Å². The van der Waals surface area contributed by atoms with E-state index in [1.807, 2.05) is 12.1 Å². The molecule has 0 aromatic heterocycles. The van der Waals surface area contributed by atoms with E-state index in [1.165, 1.54) is 24.9 Å². The number of hydrogen-bond acceptors (Lipinski definition) is 2. The number of nitrogens with two attached hydrogens (primary N) is 1. The van der Waals surface area contributed by atoms with Gasteiger partial charge in [-0.2, -0.15) is 0 Å². The molecule has 1 saturated carbocycles. The summed E-state index contributed by atoms with van der Waals surface area (Å²) in [4.78, 5) is 2.34. The summed E-state index contributed by atoms with van der Waals surface area (Å²) in [5.41, 5.74) is 7.69. The summed E-state index contributed by atoms with van der Waals surface area (Å²) in [6.07, 6.45) is 2.78. The number of hydrogen-bond donors (Lipinski definition) is 1. The molecule has 15 heavy (non-hydrogen) atoms. The Morgan fingerprint density at radius 3 is 2.73 bits per heavy atom. The number of nitrogens with zero attached hydrogens (tertiary/aromatic N) is 1. The summed E-state index contributed by atoms with van der Waals surface area (Å²) in [5, 5.41) is 0.727. The summed E-state index contributed by atoms with van der Waals surface area (Å²) >= 11 is 5.95. The minimum atomic E-state index is 0.727. The first-order chi connectivity index (χ1) is 7.13. The highest BCUT2D eigenvalue weighted by molar-refractivity contribution is 6.30. The molecule has 1 aromatic carbocycles. The molecule has 0 amide bonds. The molecule has 0 bridgehead atoms. The third-order valence-electron chi connectivity index (χ3n) is 2.70. The van der Waals surface area contributed by atoms with Gasteiger partial charge < -0.3 is 10.6 Å². The largest absolute Gasteiger partial charge is 0.399 e. The molecule has 3 heteroatoms. The summed E-state index contributed by atoms with van der Waals surface area (Å²) in [5.74, 6) is 0.923. The number of rotatable bonds is 4. The van der Waals surface area contributed by atoms with E-state index in [4.69, 9.17) is 17.3 Å². The quantitative estimate of drug-likeness (QED) is 0.797. The molecule has 1 fully saturated rings. The minimum Gasteiger partial charge on any atom is -0.399 e. The van der Waals surface area contributed by atoms with E-state index in [2.05, 4.69) is 11.9 Å². The van der Waals surface area contributed by atoms with Crippen molar-refractivity contribution in [2.75, 3.05) is 19.3 Å². The maximum Gasteiger partial charge on any atom is 0.0429 e. The molecule has 0 unspecified atom stereocenters. The summed E-state index contributed by atoms with van der Waals surface area (Å²) < 4.78 is 0. The van der Waals surface area contributed by atoms with Crippen molar-refractivity contribution in [1.29, 1.82) is 0 Å². The number of nitrogen functional groups attached to an aromatic ring is 1. The van der Waals surface area contributed by atoms with E-state index in [9.17, 15) is 0 Å². The average Bonchev–Trinajstić information content (AvgIpc) is 2.85. The fraction of sp³-hybridized carbons (Fsp3) is 0.500. The zero-order chi connectivity index (χ0) is 10.8. The molecule has 1 aliphatic carbocycles. The van der Waals surface area contributed by atoms with Crippen LogP contribution in [-0.2, 0) is 6.54 Å². The van der Waals surface area contributed by atoms with Crippen molar-refractivity contribution in [2.45, 2.75) is 19.4 Å². The highest BCUT2D eigenvalue weighted by Crippen LogP contribution is 2.29. The molecule has 0 aliphatic heterocycles. The lowest BCUT2D eigenvalue weighted by molar-refractivity contribution is 0.313. The Morgan fingerprint density at radius 1 is 1.40 bits per heavy atom. The molecule has 1 aromatic rings. The first kappa shape index (κ1) is 10.8. The first-order valence-corrected chi connectivity index (χ1v) is 5.75. The molecule has 2 N–H and O–H groups in total. The molecule has 2 nitrogen and oxygen atoms in total. The van der Waals surface area contributed by atoms with Crippen molar-refractivity contribution in [2.24, 2.45) is 5.92 Å². The van der Waals surface area contributed by atoms with Gasteiger partial charge in [-0.15, -0.1) is 0 Å². The molecule has 0 heterocycles. The monoisotopic (exact) mass is 224 g/mol. The van der Waals surface area contributed by atoms with Crippen LogP contribution in [0, 0.1) is 5.92 Å². The second kappa shape index (κ2) is 4.42. The van der Waals surface area contributed by atoms with E-state index >= 15 is 0 Å². The van der Waals surface area contributed by atoms with Crippen molar-refractivity contribution in [3.05, 3.63) is 28.8 Å². The normalized spacial score (nSPS) is 15.9. The first-order valence-electron chi connectivity index (χ1n) is 5.37. The molecular weight excluding hydrogens is 208 g/mol. The molecule has 0 radical (unpaired) electrons. The van der Waals surface area contributed by atoms with Crippen LogP contribution in [0.1, 0.15) is 18.4 Å². The van der Waals surface area contributed by atoms with Crippen LogP contribution in [0.5, 0.6) is 0 Å². The average molecular weight is 225 g/mol. The van der Waals surface area contributed by atoms with Crippen LogP contribution in [0.3, 0.4) is 0 Å². The Morgan fingerprint density at radius 2 is 2.13 bits per heavy atom. The van der Waals surface area contributed by atoms with Crippen molar-refractivity contribution in [3.63, 3.8) is 0 Å². The van der Waals surface area contributed by atoms with E-state index in [0.717, 1.165) is 23.2 Å². The van der Waals surface area contributed by atoms with Crippen molar-refractivity contribution in [1.82, 2.24) is 4.90 Å². The van der Waals surface area contributed by atoms with Crippen LogP contribution in [0.4, 0.5) is 5.69 Å². The molecule has 1 aliphatic rings. The number of benzene rings is 1. The predicted molar refractivity (Wildman–Crippen MR) is 64.9 cm³/mol. The summed E-state index contributed by atoms with van der Waals surface area (Å²) in [7, 11) is 2.15. The lowest BCUT2D eigenvalue weighted by atomic mass is 10.2. The van der Waals surface area contributed by atoms with Crippen LogP contribution in [0.15, 0.2) is 18.2 Å². The van der Waals surface area contributed by atoms with Crippen molar-refractivity contribution < 1.29 is 0 Å². The maximum absolute atomic E-state index is 5.95. The fourth-order valence-electron chi connectivity index (χ4n) is 1.88. The lowest BCUT2D eigenvalue weighted by Gasteiger charge is -2.16. The second-order valence-electron chi connectivity index (χ2n) is 4.53. The molecule has 0 atom stereocenters. The van der Waals surface area contributed by atoms with E-state index < -0.39 is 0 Å². The van der Waals surface area contributed by atoms with Crippen LogP contribution >= 0.6 is 11.6 Å². The van der Waals surface area contributed by atoms with Gasteiger partial charge in [-0.3, -0.25) is 0 Å². The fourth-order valence-corrected chi connectivity index (χ4v) is 2.15. The van der Waals surface area contributed by atoms with Gasteiger partial charge in [0.1, 0.15) is 0 Å². The Kier molecular flexibility index (Phi) is 3.17. The molecule has 0 spiro atoms. The topological polar surface area (TPSA) is 29.3 Å². The maximum atomic E-state index is 5.95. The van der Waals surface area contributed by atoms with Gasteiger partial charge >= 0.3 is 0 Å². The Hall–Kier alpha value is -0.730. The van der Waals surface area contributed by atoms with Gasteiger partial charge in [0.25, 0.3) is 0 Å². The Balaban J connectivity index is 1.96. The van der Waals surface area contributed by atoms with Crippen LogP contribution in [0.2, 0.25) is 5.02 Å². The van der Waals surface area contributed by atoms with Gasteiger partial charge in [0.2, 0.25) is 0 Å². The molecule has 2 rings (SSSR count). The molecular formula is C12H17ClN2. The van der Waals surface area contributed by atoms with E-state index in [0.29, 0.717) is 0 Å². The Labute approximate surface area is 96.0 Å². The van der Waals surface area contributed by atoms with Gasteiger partial charge in [-0.05, 0) is 49.6 Å².